The standard InChI is InChI=1S/C21H29N3S.C4H6O6/c1-2-12-24-13-6-9-17-14-18-20(15-19(17)24)25-21(23-18)22-11-10-16-7-4-3-5-8-16;5-1(3(7)8)2(6)4(9)10/h3-5,7-8,17,19H,2,6,9-15H2,1H3,(H,22,23);1-2,5-6H,(H,7,8)(H,9,10)/t17-,19-;/m0./s1. The lowest BCUT2D eigenvalue weighted by Crippen LogP contribution is -2.49. The van der Waals surface area contributed by atoms with Crippen LogP contribution in [0.25, 0.3) is 0 Å². The van der Waals surface area contributed by atoms with E-state index in [0.29, 0.717) is 0 Å². The van der Waals surface area contributed by atoms with E-state index >= 15 is 0 Å². The number of nitrogens with one attached hydrogen (secondary N) is 1. The van der Waals surface area contributed by atoms with E-state index in [4.69, 9.17) is 25.4 Å². The maximum atomic E-state index is 9.77. The number of piperidine rings is 1. The summed E-state index contributed by atoms with van der Waals surface area (Å²) < 4.78 is 0. The van der Waals surface area contributed by atoms with Crippen LogP contribution in [0.3, 0.4) is 0 Å². The van der Waals surface area contributed by atoms with E-state index in [0.717, 1.165) is 30.1 Å². The van der Waals surface area contributed by atoms with E-state index in [1.54, 1.807) is 0 Å². The molecule has 0 amide bonds. The second-order valence-corrected chi connectivity index (χ2v) is 10.1. The van der Waals surface area contributed by atoms with Crippen LogP contribution in [0.15, 0.2) is 30.3 Å². The zero-order valence-electron chi connectivity index (χ0n) is 20.0. The number of carbonyl (C=O) groups is 2. The van der Waals surface area contributed by atoms with E-state index in [1.807, 2.05) is 11.3 Å². The number of likely N-dealkylation sites (tertiary alicyclic amines) is 1. The van der Waals surface area contributed by atoms with Gasteiger partial charge in [0.05, 0.1) is 5.69 Å². The number of aliphatic hydroxyl groups excluding tert-OH is 2. The van der Waals surface area contributed by atoms with E-state index in [-0.39, 0.29) is 0 Å². The number of hydrogen-bond acceptors (Lipinski definition) is 8. The van der Waals surface area contributed by atoms with E-state index in [1.165, 1.54) is 61.3 Å². The van der Waals surface area contributed by atoms with Crippen LogP contribution in [0.2, 0.25) is 0 Å². The number of hydrogen-bond donors (Lipinski definition) is 5. The normalized spacial score (nSPS) is 21.0. The summed E-state index contributed by atoms with van der Waals surface area (Å²) in [7, 11) is 0. The number of nitrogens with zero attached hydrogens (tertiary/aromatic N) is 2. The van der Waals surface area contributed by atoms with Gasteiger partial charge in [0.1, 0.15) is 0 Å². The van der Waals surface area contributed by atoms with Crippen LogP contribution in [-0.2, 0) is 28.9 Å². The van der Waals surface area contributed by atoms with Gasteiger partial charge in [0.2, 0.25) is 0 Å². The van der Waals surface area contributed by atoms with Crippen molar-refractivity contribution < 1.29 is 30.0 Å². The van der Waals surface area contributed by atoms with Gasteiger partial charge in [-0.05, 0) is 63.1 Å². The summed E-state index contributed by atoms with van der Waals surface area (Å²) in [4.78, 5) is 28.8. The molecule has 2 heterocycles. The summed E-state index contributed by atoms with van der Waals surface area (Å²) in [5.41, 5.74) is 2.77. The average molecular weight is 506 g/mol. The van der Waals surface area contributed by atoms with Crippen molar-refractivity contribution in [1.29, 1.82) is 0 Å². The van der Waals surface area contributed by atoms with E-state index < -0.39 is 24.1 Å². The molecule has 9 nitrogen and oxygen atoms in total. The molecule has 0 radical (unpaired) electrons. The Labute approximate surface area is 209 Å². The Bertz CT molecular complexity index is 949. The Morgan fingerprint density at radius 2 is 1.83 bits per heavy atom. The molecular weight excluding hydrogens is 470 g/mol. The summed E-state index contributed by atoms with van der Waals surface area (Å²) in [5, 5.41) is 37.2. The molecule has 1 aromatic carbocycles. The Morgan fingerprint density at radius 1 is 1.14 bits per heavy atom. The van der Waals surface area contributed by atoms with Gasteiger partial charge >= 0.3 is 11.9 Å². The first-order valence-corrected chi connectivity index (χ1v) is 12.9. The summed E-state index contributed by atoms with van der Waals surface area (Å²) in [6, 6.07) is 11.5. The highest BCUT2D eigenvalue weighted by atomic mass is 32.1. The molecule has 4 rings (SSSR count). The van der Waals surface area contributed by atoms with Crippen LogP contribution in [0.4, 0.5) is 5.13 Å². The number of anilines is 1. The molecule has 4 atom stereocenters. The number of carboxylic acid groups (broad SMARTS) is 2. The first-order chi connectivity index (χ1) is 16.8. The lowest BCUT2D eigenvalue weighted by Gasteiger charge is -2.43. The van der Waals surface area contributed by atoms with Gasteiger partial charge in [-0.25, -0.2) is 14.6 Å². The number of aliphatic hydroxyl groups is 2. The molecule has 0 saturated carbocycles. The molecule has 0 spiro atoms. The summed E-state index contributed by atoms with van der Waals surface area (Å²) in [6.45, 7) is 5.83. The van der Waals surface area contributed by atoms with Crippen molar-refractivity contribution in [1.82, 2.24) is 9.88 Å². The summed E-state index contributed by atoms with van der Waals surface area (Å²) in [5.74, 6) is -2.71. The fourth-order valence-corrected chi connectivity index (χ4v) is 5.82. The molecule has 35 heavy (non-hydrogen) atoms. The highest BCUT2D eigenvalue weighted by Gasteiger charge is 2.36. The van der Waals surface area contributed by atoms with Crippen LogP contribution in [0.1, 0.15) is 42.3 Å². The van der Waals surface area contributed by atoms with Crippen molar-refractivity contribution in [3.05, 3.63) is 46.5 Å². The number of benzene rings is 1. The predicted molar refractivity (Wildman–Crippen MR) is 134 cm³/mol. The smallest absolute Gasteiger partial charge is 0.335 e. The predicted octanol–water partition coefficient (Wildman–Crippen LogP) is 2.26. The lowest BCUT2D eigenvalue weighted by atomic mass is 9.79. The lowest BCUT2D eigenvalue weighted by molar-refractivity contribution is -0.165. The van der Waals surface area contributed by atoms with Crippen LogP contribution in [0, 0.1) is 5.92 Å². The van der Waals surface area contributed by atoms with Crippen LogP contribution >= 0.6 is 11.3 Å². The minimum atomic E-state index is -2.27. The van der Waals surface area contributed by atoms with Crippen molar-refractivity contribution >= 4 is 28.4 Å². The average Bonchev–Trinajstić information content (AvgIpc) is 3.24. The van der Waals surface area contributed by atoms with Crippen LogP contribution in [0.5, 0.6) is 0 Å². The maximum absolute atomic E-state index is 9.77. The largest absolute Gasteiger partial charge is 0.479 e. The first kappa shape index (κ1) is 27.1. The highest BCUT2D eigenvalue weighted by Crippen LogP contribution is 2.38. The molecule has 5 N–H and O–H groups in total. The minimum absolute atomic E-state index is 0.763. The molecule has 0 bridgehead atoms. The highest BCUT2D eigenvalue weighted by molar-refractivity contribution is 7.15. The third-order valence-electron chi connectivity index (χ3n) is 6.51. The number of thiazole rings is 1. The number of rotatable bonds is 9. The quantitative estimate of drug-likeness (QED) is 0.347. The Hall–Kier alpha value is -2.53. The van der Waals surface area contributed by atoms with Gasteiger partial charge in [-0.3, -0.25) is 4.90 Å². The van der Waals surface area contributed by atoms with Gasteiger partial charge in [0.25, 0.3) is 0 Å². The summed E-state index contributed by atoms with van der Waals surface area (Å²) in [6.07, 6.45) is 2.96. The van der Waals surface area contributed by atoms with Crippen molar-refractivity contribution in [2.75, 3.05) is 25.0 Å². The number of fused-ring (bicyclic) bond motifs is 2. The third-order valence-corrected chi connectivity index (χ3v) is 7.59. The number of aliphatic carboxylic acids is 2. The Balaban J connectivity index is 0.000000292. The van der Waals surface area contributed by atoms with Crippen LogP contribution < -0.4 is 5.32 Å². The topological polar surface area (TPSA) is 143 Å². The molecule has 2 unspecified atom stereocenters. The third kappa shape index (κ3) is 7.47. The first-order valence-electron chi connectivity index (χ1n) is 12.1. The number of aromatic nitrogens is 1. The maximum Gasteiger partial charge on any atom is 0.335 e. The fourth-order valence-electron chi connectivity index (χ4n) is 4.76. The molecular formula is C25H35N3O6S. The van der Waals surface area contributed by atoms with Gasteiger partial charge < -0.3 is 25.7 Å². The molecule has 1 aliphatic carbocycles. The van der Waals surface area contributed by atoms with Crippen molar-refractivity contribution in [3.63, 3.8) is 0 Å². The van der Waals surface area contributed by atoms with Gasteiger partial charge in [0.15, 0.2) is 17.3 Å². The Morgan fingerprint density at radius 3 is 2.46 bits per heavy atom. The molecule has 1 fully saturated rings. The van der Waals surface area contributed by atoms with Gasteiger partial charge in [-0.15, -0.1) is 11.3 Å². The molecule has 1 saturated heterocycles. The van der Waals surface area contributed by atoms with Gasteiger partial charge in [-0.1, -0.05) is 37.3 Å². The van der Waals surface area contributed by atoms with E-state index in [2.05, 4.69) is 47.5 Å². The second-order valence-electron chi connectivity index (χ2n) is 9.03. The van der Waals surface area contributed by atoms with E-state index in [9.17, 15) is 9.59 Å². The van der Waals surface area contributed by atoms with Gasteiger partial charge in [0, 0.05) is 17.5 Å². The van der Waals surface area contributed by atoms with Crippen molar-refractivity contribution in [2.45, 2.75) is 63.7 Å². The molecule has 2 aromatic rings. The fraction of sp³-hybridized carbons (Fsp3) is 0.560. The van der Waals surface area contributed by atoms with Crippen molar-refractivity contribution in [2.24, 2.45) is 5.92 Å². The Kier molecular flexibility index (Phi) is 10.0. The minimum Gasteiger partial charge on any atom is -0.479 e. The molecule has 1 aliphatic heterocycles. The van der Waals surface area contributed by atoms with Crippen LogP contribution in [-0.4, -0.2) is 80.1 Å². The zero-order valence-corrected chi connectivity index (χ0v) is 20.8. The molecule has 1 aromatic heterocycles. The number of carboxylic acids is 2. The monoisotopic (exact) mass is 505 g/mol. The second kappa shape index (κ2) is 13.0. The SMILES string of the molecule is CCCN1CCC[C@H]2Cc3nc(NCCc4ccccc4)sc3C[C@@H]21.O=C(O)C(O)C(O)C(=O)O. The molecule has 2 aliphatic rings. The van der Waals surface area contributed by atoms with Crippen molar-refractivity contribution in [3.8, 4) is 0 Å². The summed E-state index contributed by atoms with van der Waals surface area (Å²) >= 11 is 1.90. The zero-order chi connectivity index (χ0) is 25.4. The van der Waals surface area contributed by atoms with Gasteiger partial charge in [-0.2, -0.15) is 0 Å². The molecule has 10 heteroatoms. The molecule has 192 valence electrons.